The summed E-state index contributed by atoms with van der Waals surface area (Å²) in [4.78, 5) is 41.8. The molecule has 0 bridgehead atoms. The largest absolute Gasteiger partial charge is 0.493 e. The van der Waals surface area contributed by atoms with E-state index in [9.17, 15) is 14.4 Å². The summed E-state index contributed by atoms with van der Waals surface area (Å²) in [5.74, 6) is 0.528. The van der Waals surface area contributed by atoms with E-state index >= 15 is 0 Å². The van der Waals surface area contributed by atoms with Crippen molar-refractivity contribution >= 4 is 17.8 Å². The highest BCUT2D eigenvalue weighted by atomic mass is 16.6. The fraction of sp³-hybridized carbons (Fsp3) is 0.423. The van der Waals surface area contributed by atoms with Crippen LogP contribution < -0.4 is 4.74 Å². The van der Waals surface area contributed by atoms with E-state index in [0.29, 0.717) is 25.1 Å². The highest BCUT2D eigenvalue weighted by Crippen LogP contribution is 2.42. The first-order valence-electron chi connectivity index (χ1n) is 11.6. The number of hydrogen-bond acceptors (Lipinski definition) is 5. The molecule has 33 heavy (non-hydrogen) atoms. The molecule has 3 fully saturated rings. The average molecular weight is 449 g/mol. The van der Waals surface area contributed by atoms with E-state index in [2.05, 4.69) is 0 Å². The molecule has 2 aliphatic heterocycles. The maximum atomic E-state index is 12.9. The van der Waals surface area contributed by atoms with Crippen molar-refractivity contribution in [1.29, 1.82) is 0 Å². The first kappa shape index (κ1) is 21.5. The smallest absolute Gasteiger partial charge is 0.410 e. The minimum atomic E-state index is -0.622. The third-order valence-electron chi connectivity index (χ3n) is 7.14. The molecule has 7 nitrogen and oxygen atoms in total. The Morgan fingerprint density at radius 3 is 2.30 bits per heavy atom. The van der Waals surface area contributed by atoms with Crippen LogP contribution in [-0.4, -0.2) is 66.0 Å². The topological polar surface area (TPSA) is 76.2 Å². The molecule has 2 atom stereocenters. The van der Waals surface area contributed by atoms with Gasteiger partial charge in [0.15, 0.2) is 5.78 Å². The molecule has 0 N–H and O–H groups in total. The maximum absolute atomic E-state index is 12.9. The molecule has 2 aromatic rings. The molecule has 1 aliphatic carbocycles. The van der Waals surface area contributed by atoms with E-state index in [4.69, 9.17) is 9.47 Å². The lowest BCUT2D eigenvalue weighted by Gasteiger charge is -2.41. The van der Waals surface area contributed by atoms with Gasteiger partial charge >= 0.3 is 6.09 Å². The Morgan fingerprint density at radius 2 is 1.64 bits per heavy atom. The van der Waals surface area contributed by atoms with Crippen molar-refractivity contribution in [1.82, 2.24) is 9.80 Å². The van der Waals surface area contributed by atoms with Crippen LogP contribution in [0, 0.1) is 5.41 Å². The summed E-state index contributed by atoms with van der Waals surface area (Å²) < 4.78 is 11.6. The highest BCUT2D eigenvalue weighted by molar-refractivity contribution is 6.02. The molecule has 172 valence electrons. The number of Topliss-reactive ketones (excluding diaryl/α,β-unsaturated/α-hetero) is 1. The summed E-state index contributed by atoms with van der Waals surface area (Å²) >= 11 is 0. The average Bonchev–Trinajstić information content (AvgIpc) is 3.40. The van der Waals surface area contributed by atoms with Gasteiger partial charge in [-0.05, 0) is 43.5 Å². The molecule has 5 rings (SSSR count). The van der Waals surface area contributed by atoms with Crippen LogP contribution in [0.4, 0.5) is 4.79 Å². The molecule has 0 radical (unpaired) electrons. The first-order chi connectivity index (χ1) is 16.1. The number of fused-ring (bicyclic) bond motifs is 1. The molecule has 2 amide bonds. The van der Waals surface area contributed by atoms with Crippen LogP contribution in [0.2, 0.25) is 0 Å². The number of likely N-dealkylation sites (tertiary alicyclic amines) is 2. The normalized spacial score (nSPS) is 23.1. The molecule has 3 aliphatic rings. The Hall–Kier alpha value is -3.35. The fourth-order valence-corrected chi connectivity index (χ4v) is 5.10. The van der Waals surface area contributed by atoms with E-state index in [1.807, 2.05) is 36.4 Å². The predicted molar refractivity (Wildman–Crippen MR) is 121 cm³/mol. The Kier molecular flexibility index (Phi) is 5.79. The van der Waals surface area contributed by atoms with Gasteiger partial charge in [-0.2, -0.15) is 0 Å². The molecule has 1 saturated carbocycles. The Bertz CT molecular complexity index is 1020. The van der Waals surface area contributed by atoms with Gasteiger partial charge in [-0.25, -0.2) is 4.79 Å². The summed E-state index contributed by atoms with van der Waals surface area (Å²) in [7, 11) is 0. The highest BCUT2D eigenvalue weighted by Gasteiger charge is 2.52. The zero-order valence-corrected chi connectivity index (χ0v) is 18.5. The number of para-hydroxylation sites is 1. The first-order valence-corrected chi connectivity index (χ1v) is 11.6. The van der Waals surface area contributed by atoms with Gasteiger partial charge in [-0.1, -0.05) is 42.8 Å². The number of carbonyl (C=O) groups is 3. The van der Waals surface area contributed by atoms with Crippen LogP contribution in [0.5, 0.6) is 5.75 Å². The van der Waals surface area contributed by atoms with Gasteiger partial charge in [-0.3, -0.25) is 14.5 Å². The van der Waals surface area contributed by atoms with Crippen molar-refractivity contribution in [2.45, 2.75) is 37.8 Å². The van der Waals surface area contributed by atoms with Crippen molar-refractivity contribution in [2.75, 3.05) is 26.3 Å². The van der Waals surface area contributed by atoms with Gasteiger partial charge in [0.1, 0.15) is 18.4 Å². The number of nitrogens with zero attached hydrogens (tertiary/aromatic N) is 2. The number of ketones is 1. The Balaban J connectivity index is 1.19. The molecule has 0 spiro atoms. The van der Waals surface area contributed by atoms with Crippen LogP contribution in [0.15, 0.2) is 60.7 Å². The van der Waals surface area contributed by atoms with Crippen LogP contribution >= 0.6 is 0 Å². The van der Waals surface area contributed by atoms with E-state index in [1.165, 1.54) is 4.90 Å². The van der Waals surface area contributed by atoms with Crippen molar-refractivity contribution in [3.8, 4) is 5.75 Å². The van der Waals surface area contributed by atoms with E-state index in [1.54, 1.807) is 29.2 Å². The molecule has 7 heteroatoms. The minimum Gasteiger partial charge on any atom is -0.493 e. The van der Waals surface area contributed by atoms with Gasteiger partial charge in [0.2, 0.25) is 0 Å². The molecule has 2 aromatic carbocycles. The Labute approximate surface area is 193 Å². The van der Waals surface area contributed by atoms with Crippen LogP contribution in [0.1, 0.15) is 36.0 Å². The number of carbonyl (C=O) groups excluding carboxylic acids is 3. The third-order valence-corrected chi connectivity index (χ3v) is 7.14. The van der Waals surface area contributed by atoms with Crippen LogP contribution in [-0.2, 0) is 9.53 Å². The SMILES string of the molecule is O=C1CN(C(=O)c2ccccc2)C2CCN(C(=O)OCC3(COc4ccccc4)CCC3)C12. The Morgan fingerprint density at radius 1 is 0.939 bits per heavy atom. The number of rotatable bonds is 6. The van der Waals surface area contributed by atoms with Gasteiger partial charge in [0.25, 0.3) is 5.91 Å². The summed E-state index contributed by atoms with van der Waals surface area (Å²) in [6, 6.07) is 17.7. The van der Waals surface area contributed by atoms with E-state index in [-0.39, 0.29) is 36.3 Å². The second-order valence-corrected chi connectivity index (χ2v) is 9.27. The summed E-state index contributed by atoms with van der Waals surface area (Å²) in [5.41, 5.74) is 0.372. The lowest BCUT2D eigenvalue weighted by atomic mass is 9.70. The molecule has 0 aromatic heterocycles. The van der Waals surface area contributed by atoms with Crippen molar-refractivity contribution in [3.05, 3.63) is 66.2 Å². The fourth-order valence-electron chi connectivity index (χ4n) is 5.10. The van der Waals surface area contributed by atoms with Crippen LogP contribution in [0.3, 0.4) is 0 Å². The second kappa shape index (κ2) is 8.89. The number of ether oxygens (including phenoxy) is 2. The van der Waals surface area contributed by atoms with E-state index < -0.39 is 12.1 Å². The number of amides is 2. The minimum absolute atomic E-state index is 0.0295. The van der Waals surface area contributed by atoms with Crippen LogP contribution in [0.25, 0.3) is 0 Å². The molecular weight excluding hydrogens is 420 g/mol. The molecule has 2 saturated heterocycles. The van der Waals surface area contributed by atoms with Crippen molar-refractivity contribution in [3.63, 3.8) is 0 Å². The summed E-state index contributed by atoms with van der Waals surface area (Å²) in [6.07, 6.45) is 3.07. The van der Waals surface area contributed by atoms with Crippen molar-refractivity contribution in [2.24, 2.45) is 5.41 Å². The van der Waals surface area contributed by atoms with E-state index in [0.717, 1.165) is 25.0 Å². The number of hydrogen-bond donors (Lipinski definition) is 0. The lowest BCUT2D eigenvalue weighted by molar-refractivity contribution is -0.120. The summed E-state index contributed by atoms with van der Waals surface area (Å²) in [5, 5.41) is 0. The number of benzene rings is 2. The lowest BCUT2D eigenvalue weighted by Crippen LogP contribution is -2.46. The second-order valence-electron chi connectivity index (χ2n) is 9.27. The summed E-state index contributed by atoms with van der Waals surface area (Å²) in [6.45, 7) is 1.20. The van der Waals surface area contributed by atoms with Gasteiger partial charge in [0, 0.05) is 17.5 Å². The molecule has 2 heterocycles. The standard InChI is InChI=1S/C26H28N2O5/c29-22-16-28(24(30)19-8-3-1-4-9-19)21-12-15-27(23(21)22)25(31)33-18-26(13-7-14-26)17-32-20-10-5-2-6-11-20/h1-6,8-11,21,23H,7,12-18H2. The zero-order valence-electron chi connectivity index (χ0n) is 18.5. The van der Waals surface area contributed by atoms with Gasteiger partial charge < -0.3 is 14.4 Å². The third kappa shape index (κ3) is 4.19. The van der Waals surface area contributed by atoms with Gasteiger partial charge in [-0.15, -0.1) is 0 Å². The van der Waals surface area contributed by atoms with Crippen molar-refractivity contribution < 1.29 is 23.9 Å². The zero-order chi connectivity index (χ0) is 22.8. The monoisotopic (exact) mass is 448 g/mol. The molecule has 2 unspecified atom stereocenters. The van der Waals surface area contributed by atoms with Gasteiger partial charge in [0.05, 0.1) is 19.2 Å². The molecular formula is C26H28N2O5. The maximum Gasteiger partial charge on any atom is 0.410 e. The quantitative estimate of drug-likeness (QED) is 0.676. The predicted octanol–water partition coefficient (Wildman–Crippen LogP) is 3.54.